The molecule has 180 valence electrons. The highest BCUT2D eigenvalue weighted by Crippen LogP contribution is 2.37. The third kappa shape index (κ3) is 7.24. The predicted molar refractivity (Wildman–Crippen MR) is 133 cm³/mol. The average Bonchev–Trinajstić information content (AvgIpc) is 2.72. The van der Waals surface area contributed by atoms with Gasteiger partial charge in [-0.1, -0.05) is 46.8 Å². The van der Waals surface area contributed by atoms with E-state index in [0.29, 0.717) is 29.5 Å². The molecule has 0 aliphatic rings. The Morgan fingerprint density at radius 3 is 2.33 bits per heavy atom. The van der Waals surface area contributed by atoms with Crippen LogP contribution in [-0.2, 0) is 10.2 Å². The smallest absolute Gasteiger partial charge is 0.248 e. The maximum absolute atomic E-state index is 13.2. The monoisotopic (exact) mass is 454 g/mol. The van der Waals surface area contributed by atoms with Gasteiger partial charge in [0.2, 0.25) is 11.8 Å². The first-order valence-electron chi connectivity index (χ1n) is 11.5. The summed E-state index contributed by atoms with van der Waals surface area (Å²) < 4.78 is 11.2. The number of carbonyl (C=O) groups is 2. The first-order chi connectivity index (χ1) is 15.5. The van der Waals surface area contributed by atoms with Crippen molar-refractivity contribution >= 4 is 17.5 Å². The van der Waals surface area contributed by atoms with Crippen molar-refractivity contribution in [3.63, 3.8) is 0 Å². The second-order valence-electron chi connectivity index (χ2n) is 9.79. The Bertz CT molecular complexity index is 977. The van der Waals surface area contributed by atoms with Crippen molar-refractivity contribution in [1.29, 1.82) is 0 Å². The molecule has 6 nitrogen and oxygen atoms in total. The largest absolute Gasteiger partial charge is 0.497 e. The summed E-state index contributed by atoms with van der Waals surface area (Å²) in [5, 5.41) is 3.05. The van der Waals surface area contributed by atoms with Gasteiger partial charge in [0.1, 0.15) is 11.5 Å². The van der Waals surface area contributed by atoms with Gasteiger partial charge in [-0.15, -0.1) is 0 Å². The second kappa shape index (κ2) is 11.2. The number of carbonyl (C=O) groups excluding carboxylic acids is 2. The van der Waals surface area contributed by atoms with Gasteiger partial charge in [-0.05, 0) is 59.9 Å². The Morgan fingerprint density at radius 2 is 1.79 bits per heavy atom. The molecular weight excluding hydrogens is 416 g/mol. The molecule has 0 saturated carbocycles. The van der Waals surface area contributed by atoms with Crippen LogP contribution in [0.2, 0.25) is 0 Å². The summed E-state index contributed by atoms with van der Waals surface area (Å²) >= 11 is 0. The van der Waals surface area contributed by atoms with Crippen molar-refractivity contribution in [2.24, 2.45) is 11.7 Å². The molecule has 0 radical (unpaired) electrons. The van der Waals surface area contributed by atoms with E-state index in [4.69, 9.17) is 15.2 Å². The van der Waals surface area contributed by atoms with Gasteiger partial charge in [0.05, 0.1) is 13.7 Å². The van der Waals surface area contributed by atoms with Gasteiger partial charge in [0.25, 0.3) is 0 Å². The van der Waals surface area contributed by atoms with Crippen molar-refractivity contribution in [1.82, 2.24) is 0 Å². The zero-order chi connectivity index (χ0) is 24.8. The lowest BCUT2D eigenvalue weighted by Crippen LogP contribution is -2.22. The van der Waals surface area contributed by atoms with Crippen LogP contribution >= 0.6 is 0 Å². The molecule has 0 aliphatic heterocycles. The summed E-state index contributed by atoms with van der Waals surface area (Å²) in [5.41, 5.74) is 8.18. The molecule has 0 fully saturated rings. The van der Waals surface area contributed by atoms with E-state index in [-0.39, 0.29) is 23.7 Å². The lowest BCUT2D eigenvalue weighted by molar-refractivity contribution is -0.116. The fraction of sp³-hybridized carbons (Fsp3) is 0.481. The molecule has 6 heteroatoms. The topological polar surface area (TPSA) is 90.7 Å². The summed E-state index contributed by atoms with van der Waals surface area (Å²) in [5.74, 6) is 1.17. The van der Waals surface area contributed by atoms with Crippen LogP contribution in [0.4, 0.5) is 5.69 Å². The van der Waals surface area contributed by atoms with Crippen molar-refractivity contribution in [2.45, 2.75) is 65.7 Å². The fourth-order valence-corrected chi connectivity index (χ4v) is 4.03. The Kier molecular flexibility index (Phi) is 8.91. The van der Waals surface area contributed by atoms with Gasteiger partial charge in [-0.3, -0.25) is 9.59 Å². The summed E-state index contributed by atoms with van der Waals surface area (Å²) in [6.45, 7) is 12.9. The number of anilines is 1. The number of primary amides is 1. The van der Waals surface area contributed by atoms with Crippen LogP contribution in [-0.4, -0.2) is 25.5 Å². The number of nitrogens with one attached hydrogen (secondary N) is 1. The third-order valence-electron chi connectivity index (χ3n) is 5.53. The maximum atomic E-state index is 13.2. The molecule has 0 aromatic heterocycles. The molecule has 0 spiro atoms. The zero-order valence-corrected chi connectivity index (χ0v) is 21.0. The number of benzene rings is 2. The van der Waals surface area contributed by atoms with Gasteiger partial charge < -0.3 is 20.5 Å². The standard InChI is InChI=1S/C27H38N2O4/c1-8-33-24-16-20(32-7)10-11-21(24)19(13-17(2)3)15-25(30)29-23-14-18(26(28)31)9-12-22(23)27(4,5)6/h9-12,14,16-17,19H,8,13,15H2,1-7H3,(H2,28,31)(H,29,30). The molecule has 1 atom stereocenters. The molecule has 2 amide bonds. The molecule has 0 aliphatic carbocycles. The molecule has 2 rings (SSSR count). The highest BCUT2D eigenvalue weighted by atomic mass is 16.5. The molecule has 2 aromatic carbocycles. The molecular formula is C27H38N2O4. The zero-order valence-electron chi connectivity index (χ0n) is 21.0. The van der Waals surface area contributed by atoms with Crippen LogP contribution in [0.25, 0.3) is 0 Å². The quantitative estimate of drug-likeness (QED) is 0.485. The Labute approximate surface area is 197 Å². The number of hydrogen-bond acceptors (Lipinski definition) is 4. The average molecular weight is 455 g/mol. The number of rotatable bonds is 10. The van der Waals surface area contributed by atoms with E-state index in [1.54, 1.807) is 19.2 Å². The second-order valence-corrected chi connectivity index (χ2v) is 9.79. The van der Waals surface area contributed by atoms with Gasteiger partial charge in [0, 0.05) is 23.7 Å². The van der Waals surface area contributed by atoms with E-state index in [1.165, 1.54) is 0 Å². The maximum Gasteiger partial charge on any atom is 0.248 e. The number of hydrogen-bond donors (Lipinski definition) is 2. The van der Waals surface area contributed by atoms with Crippen LogP contribution < -0.4 is 20.5 Å². The number of methoxy groups -OCH3 is 1. The molecule has 0 saturated heterocycles. The van der Waals surface area contributed by atoms with E-state index in [9.17, 15) is 9.59 Å². The molecule has 0 bridgehead atoms. The first kappa shape index (κ1) is 26.2. The molecule has 3 N–H and O–H groups in total. The first-order valence-corrected chi connectivity index (χ1v) is 11.5. The number of amides is 2. The lowest BCUT2D eigenvalue weighted by atomic mass is 9.84. The van der Waals surface area contributed by atoms with Crippen LogP contribution in [0, 0.1) is 5.92 Å². The van der Waals surface area contributed by atoms with Gasteiger partial charge in [0.15, 0.2) is 0 Å². The van der Waals surface area contributed by atoms with Crippen LogP contribution in [0.5, 0.6) is 11.5 Å². The normalized spacial score (nSPS) is 12.4. The molecule has 33 heavy (non-hydrogen) atoms. The van der Waals surface area contributed by atoms with Gasteiger partial charge in [-0.2, -0.15) is 0 Å². The lowest BCUT2D eigenvalue weighted by Gasteiger charge is -2.25. The van der Waals surface area contributed by atoms with Crippen molar-refractivity contribution in [3.8, 4) is 11.5 Å². The van der Waals surface area contributed by atoms with Crippen molar-refractivity contribution < 1.29 is 19.1 Å². The van der Waals surface area contributed by atoms with Crippen molar-refractivity contribution in [3.05, 3.63) is 53.1 Å². The minimum Gasteiger partial charge on any atom is -0.497 e. The summed E-state index contributed by atoms with van der Waals surface area (Å²) in [7, 11) is 1.62. The SMILES string of the molecule is CCOc1cc(OC)ccc1C(CC(=O)Nc1cc(C(N)=O)ccc1C(C)(C)C)CC(C)C. The minimum atomic E-state index is -0.525. The van der Waals surface area contributed by atoms with Gasteiger partial charge >= 0.3 is 0 Å². The third-order valence-corrected chi connectivity index (χ3v) is 5.53. The van der Waals surface area contributed by atoms with Gasteiger partial charge in [-0.25, -0.2) is 0 Å². The summed E-state index contributed by atoms with van der Waals surface area (Å²) in [4.78, 5) is 25.0. The Morgan fingerprint density at radius 1 is 1.09 bits per heavy atom. The summed E-state index contributed by atoms with van der Waals surface area (Å²) in [6, 6.07) is 11.0. The van der Waals surface area contributed by atoms with E-state index < -0.39 is 5.91 Å². The molecule has 2 aromatic rings. The number of ether oxygens (including phenoxy) is 2. The van der Waals surface area contributed by atoms with E-state index in [2.05, 4.69) is 39.9 Å². The Hall–Kier alpha value is -3.02. The fourth-order valence-electron chi connectivity index (χ4n) is 4.03. The van der Waals surface area contributed by atoms with E-state index in [1.807, 2.05) is 31.2 Å². The van der Waals surface area contributed by atoms with E-state index >= 15 is 0 Å². The van der Waals surface area contributed by atoms with Crippen molar-refractivity contribution in [2.75, 3.05) is 19.0 Å². The highest BCUT2D eigenvalue weighted by Gasteiger charge is 2.24. The molecule has 1 unspecified atom stereocenters. The predicted octanol–water partition coefficient (Wildman–Crippen LogP) is 5.65. The van der Waals surface area contributed by atoms with Crippen LogP contribution in [0.1, 0.15) is 81.8 Å². The van der Waals surface area contributed by atoms with Crippen LogP contribution in [0.3, 0.4) is 0 Å². The Balaban J connectivity index is 2.38. The van der Waals surface area contributed by atoms with Crippen LogP contribution in [0.15, 0.2) is 36.4 Å². The van der Waals surface area contributed by atoms with E-state index in [0.717, 1.165) is 23.3 Å². The number of nitrogens with two attached hydrogens (primary N) is 1. The molecule has 0 heterocycles. The minimum absolute atomic E-state index is 0.0325. The summed E-state index contributed by atoms with van der Waals surface area (Å²) in [6.07, 6.45) is 1.11. The highest BCUT2D eigenvalue weighted by molar-refractivity contribution is 5.97.